The number of amides is 1. The average Bonchev–Trinajstić information content (AvgIpc) is 3.11. The summed E-state index contributed by atoms with van der Waals surface area (Å²) in [5.41, 5.74) is 1.31. The molecule has 138 valence electrons. The lowest BCUT2D eigenvalue weighted by Crippen LogP contribution is -2.29. The fourth-order valence-electron chi connectivity index (χ4n) is 3.64. The van der Waals surface area contributed by atoms with Crippen LogP contribution in [0.1, 0.15) is 35.0 Å². The Morgan fingerprint density at radius 1 is 1.26 bits per heavy atom. The smallest absolute Gasteiger partial charge is 0.272 e. The molecule has 2 heterocycles. The number of benzene rings is 2. The summed E-state index contributed by atoms with van der Waals surface area (Å²) in [4.78, 5) is 26.3. The molecule has 1 saturated heterocycles. The molecule has 1 fully saturated rings. The largest absolute Gasteiger partial charge is 0.338 e. The Morgan fingerprint density at radius 2 is 2.04 bits per heavy atom. The molecular formula is C21H20FN3O2. The molecule has 1 aliphatic heterocycles. The van der Waals surface area contributed by atoms with Gasteiger partial charge in [-0.3, -0.25) is 9.59 Å². The molecule has 27 heavy (non-hydrogen) atoms. The Balaban J connectivity index is 1.67. The van der Waals surface area contributed by atoms with Crippen LogP contribution in [-0.4, -0.2) is 34.1 Å². The van der Waals surface area contributed by atoms with E-state index in [4.69, 9.17) is 0 Å². The number of rotatable bonds is 3. The molecule has 1 unspecified atom stereocenters. The van der Waals surface area contributed by atoms with Gasteiger partial charge in [-0.2, -0.15) is 5.10 Å². The molecule has 0 spiro atoms. The van der Waals surface area contributed by atoms with E-state index in [2.05, 4.69) is 17.1 Å². The van der Waals surface area contributed by atoms with Crippen molar-refractivity contribution >= 4 is 16.7 Å². The highest BCUT2D eigenvalue weighted by Gasteiger charge is 2.26. The first kappa shape index (κ1) is 17.4. The second-order valence-corrected chi connectivity index (χ2v) is 7.18. The minimum Gasteiger partial charge on any atom is -0.338 e. The van der Waals surface area contributed by atoms with Crippen LogP contribution in [0.4, 0.5) is 4.39 Å². The summed E-state index contributed by atoms with van der Waals surface area (Å²) in [5, 5.41) is 7.98. The zero-order valence-electron chi connectivity index (χ0n) is 15.0. The summed E-state index contributed by atoms with van der Waals surface area (Å²) in [6, 6.07) is 11.8. The fourth-order valence-corrected chi connectivity index (χ4v) is 3.64. The highest BCUT2D eigenvalue weighted by Crippen LogP contribution is 2.22. The third-order valence-electron chi connectivity index (χ3n) is 5.12. The van der Waals surface area contributed by atoms with Gasteiger partial charge >= 0.3 is 0 Å². The predicted molar refractivity (Wildman–Crippen MR) is 101 cm³/mol. The SMILES string of the molecule is CC1CCN(C(=O)c2cc(Cc3n[nH]c(=O)c4ccccc34)ccc2F)C1. The van der Waals surface area contributed by atoms with Crippen molar-refractivity contribution in [3.8, 4) is 0 Å². The van der Waals surface area contributed by atoms with Gasteiger partial charge in [-0.05, 0) is 36.1 Å². The molecule has 0 aliphatic carbocycles. The lowest BCUT2D eigenvalue weighted by molar-refractivity contribution is 0.0783. The third-order valence-corrected chi connectivity index (χ3v) is 5.12. The van der Waals surface area contributed by atoms with E-state index >= 15 is 0 Å². The quantitative estimate of drug-likeness (QED) is 0.775. The van der Waals surface area contributed by atoms with Crippen molar-refractivity contribution in [3.05, 3.63) is 75.5 Å². The highest BCUT2D eigenvalue weighted by atomic mass is 19.1. The van der Waals surface area contributed by atoms with Crippen LogP contribution in [-0.2, 0) is 6.42 Å². The van der Waals surface area contributed by atoms with Gasteiger partial charge in [0.05, 0.1) is 16.6 Å². The summed E-state index contributed by atoms with van der Waals surface area (Å²) in [5.74, 6) is -0.336. The third kappa shape index (κ3) is 3.35. The predicted octanol–water partition coefficient (Wildman–Crippen LogP) is 3.14. The Bertz CT molecular complexity index is 1080. The first-order valence-electron chi connectivity index (χ1n) is 9.07. The van der Waals surface area contributed by atoms with E-state index in [-0.39, 0.29) is 17.0 Å². The maximum atomic E-state index is 14.3. The Labute approximate surface area is 155 Å². The number of nitrogens with one attached hydrogen (secondary N) is 1. The number of carbonyl (C=O) groups is 1. The number of aromatic amines is 1. The summed E-state index contributed by atoms with van der Waals surface area (Å²) in [6.07, 6.45) is 1.34. The van der Waals surface area contributed by atoms with Gasteiger partial charge in [0.15, 0.2) is 0 Å². The van der Waals surface area contributed by atoms with E-state index in [1.807, 2.05) is 12.1 Å². The Hall–Kier alpha value is -3.02. The van der Waals surface area contributed by atoms with Gasteiger partial charge in [0.25, 0.3) is 11.5 Å². The molecule has 1 atom stereocenters. The van der Waals surface area contributed by atoms with E-state index in [9.17, 15) is 14.0 Å². The van der Waals surface area contributed by atoms with Gasteiger partial charge in [0, 0.05) is 24.9 Å². The molecule has 1 aliphatic rings. The molecule has 1 N–H and O–H groups in total. The summed E-state index contributed by atoms with van der Waals surface area (Å²) < 4.78 is 14.3. The minimum atomic E-state index is -0.511. The number of fused-ring (bicyclic) bond motifs is 1. The topological polar surface area (TPSA) is 66.1 Å². The fraction of sp³-hybridized carbons (Fsp3) is 0.286. The molecule has 3 aromatic rings. The standard InChI is InChI=1S/C21H20FN3O2/c1-13-8-9-25(12-13)21(27)17-10-14(6-7-18(17)22)11-19-15-4-2-3-5-16(15)20(26)24-23-19/h2-7,10,13H,8-9,11-12H2,1H3,(H,24,26). The number of hydrogen-bond acceptors (Lipinski definition) is 3. The van der Waals surface area contributed by atoms with Crippen LogP contribution in [0.15, 0.2) is 47.3 Å². The van der Waals surface area contributed by atoms with E-state index in [0.29, 0.717) is 36.5 Å². The normalized spacial score (nSPS) is 16.8. The number of nitrogens with zero attached hydrogens (tertiary/aromatic N) is 2. The van der Waals surface area contributed by atoms with Crippen molar-refractivity contribution in [2.24, 2.45) is 5.92 Å². The van der Waals surface area contributed by atoms with Crippen molar-refractivity contribution in [1.82, 2.24) is 15.1 Å². The summed E-state index contributed by atoms with van der Waals surface area (Å²) in [7, 11) is 0. The number of aromatic nitrogens is 2. The average molecular weight is 365 g/mol. The molecule has 0 saturated carbocycles. The zero-order valence-corrected chi connectivity index (χ0v) is 15.0. The van der Waals surface area contributed by atoms with E-state index < -0.39 is 5.82 Å². The number of halogens is 1. The Kier molecular flexibility index (Phi) is 4.48. The number of carbonyl (C=O) groups excluding carboxylic acids is 1. The van der Waals surface area contributed by atoms with Gasteiger partial charge in [-0.25, -0.2) is 9.49 Å². The molecule has 0 radical (unpaired) electrons. The van der Waals surface area contributed by atoms with Crippen LogP contribution in [0.5, 0.6) is 0 Å². The molecule has 0 bridgehead atoms. The van der Waals surface area contributed by atoms with Gasteiger partial charge in [-0.15, -0.1) is 0 Å². The van der Waals surface area contributed by atoms with Crippen molar-refractivity contribution in [2.75, 3.05) is 13.1 Å². The molecule has 4 rings (SSSR count). The van der Waals surface area contributed by atoms with Crippen LogP contribution in [0.3, 0.4) is 0 Å². The van der Waals surface area contributed by atoms with Gasteiger partial charge in [0.2, 0.25) is 0 Å². The first-order valence-corrected chi connectivity index (χ1v) is 9.07. The van der Waals surface area contributed by atoms with Crippen LogP contribution >= 0.6 is 0 Å². The van der Waals surface area contributed by atoms with Gasteiger partial charge in [-0.1, -0.05) is 31.2 Å². The van der Waals surface area contributed by atoms with Crippen molar-refractivity contribution in [2.45, 2.75) is 19.8 Å². The molecule has 5 nitrogen and oxygen atoms in total. The van der Waals surface area contributed by atoms with Crippen LogP contribution in [0, 0.1) is 11.7 Å². The zero-order chi connectivity index (χ0) is 19.0. The van der Waals surface area contributed by atoms with Gasteiger partial charge < -0.3 is 4.90 Å². The second-order valence-electron chi connectivity index (χ2n) is 7.18. The minimum absolute atomic E-state index is 0.0929. The van der Waals surface area contributed by atoms with Crippen LogP contribution in [0.2, 0.25) is 0 Å². The monoisotopic (exact) mass is 365 g/mol. The maximum Gasteiger partial charge on any atom is 0.272 e. The van der Waals surface area contributed by atoms with Crippen LogP contribution < -0.4 is 5.56 Å². The van der Waals surface area contributed by atoms with Crippen molar-refractivity contribution in [1.29, 1.82) is 0 Å². The van der Waals surface area contributed by atoms with E-state index in [1.165, 1.54) is 6.07 Å². The number of likely N-dealkylation sites (tertiary alicyclic amines) is 1. The highest BCUT2D eigenvalue weighted by molar-refractivity contribution is 5.95. The number of hydrogen-bond donors (Lipinski definition) is 1. The van der Waals surface area contributed by atoms with E-state index in [0.717, 1.165) is 17.4 Å². The molecular weight excluding hydrogens is 345 g/mol. The number of H-pyrrole nitrogens is 1. The molecule has 1 aromatic heterocycles. The first-order chi connectivity index (χ1) is 13.0. The lowest BCUT2D eigenvalue weighted by atomic mass is 10.0. The second kappa shape index (κ2) is 6.95. The van der Waals surface area contributed by atoms with Gasteiger partial charge in [0.1, 0.15) is 5.82 Å². The Morgan fingerprint density at radius 3 is 2.78 bits per heavy atom. The van der Waals surface area contributed by atoms with E-state index in [1.54, 1.807) is 29.2 Å². The molecule has 1 amide bonds. The summed E-state index contributed by atoms with van der Waals surface area (Å²) in [6.45, 7) is 3.41. The van der Waals surface area contributed by atoms with Crippen molar-refractivity contribution < 1.29 is 9.18 Å². The van der Waals surface area contributed by atoms with Crippen molar-refractivity contribution in [3.63, 3.8) is 0 Å². The summed E-state index contributed by atoms with van der Waals surface area (Å²) >= 11 is 0. The lowest BCUT2D eigenvalue weighted by Gasteiger charge is -2.17. The maximum absolute atomic E-state index is 14.3. The molecule has 2 aromatic carbocycles. The molecule has 6 heteroatoms. The van der Waals surface area contributed by atoms with Crippen LogP contribution in [0.25, 0.3) is 10.8 Å².